The van der Waals surface area contributed by atoms with E-state index in [2.05, 4.69) is 11.0 Å². The quantitative estimate of drug-likeness (QED) is 0.602. The van der Waals surface area contributed by atoms with Gasteiger partial charge in [0.25, 0.3) is 10.0 Å². The van der Waals surface area contributed by atoms with Gasteiger partial charge in [0.2, 0.25) is 0 Å². The molecule has 6 heteroatoms. The van der Waals surface area contributed by atoms with E-state index in [1.165, 1.54) is 33.8 Å². The SMILES string of the molecule is C=C[C@@H](C)C(=NS(=O)(=O)C(C)(C)C)C(=O)O. The van der Waals surface area contributed by atoms with E-state index in [0.717, 1.165) is 0 Å². The van der Waals surface area contributed by atoms with Crippen LogP contribution in [0.25, 0.3) is 0 Å². The van der Waals surface area contributed by atoms with Crippen LogP contribution < -0.4 is 0 Å². The molecule has 0 amide bonds. The van der Waals surface area contributed by atoms with Crippen molar-refractivity contribution in [1.82, 2.24) is 0 Å². The largest absolute Gasteiger partial charge is 0.477 e. The van der Waals surface area contributed by atoms with Gasteiger partial charge in [0.05, 0.1) is 4.75 Å². The van der Waals surface area contributed by atoms with Crippen LogP contribution in [-0.2, 0) is 14.8 Å². The molecule has 0 radical (unpaired) electrons. The third-order valence-electron chi connectivity index (χ3n) is 2.00. The summed E-state index contributed by atoms with van der Waals surface area (Å²) in [5, 5.41) is 8.86. The van der Waals surface area contributed by atoms with Crippen molar-refractivity contribution in [3.8, 4) is 0 Å². The lowest BCUT2D eigenvalue weighted by Gasteiger charge is -2.16. The topological polar surface area (TPSA) is 83.8 Å². The second-order valence-corrected chi connectivity index (χ2v) is 6.75. The Kier molecular flexibility index (Phi) is 4.43. The van der Waals surface area contributed by atoms with Gasteiger partial charge in [-0.1, -0.05) is 13.0 Å². The molecule has 0 aromatic carbocycles. The second-order valence-electron chi connectivity index (χ2n) is 4.39. The number of carbonyl (C=O) groups is 1. The maximum atomic E-state index is 11.7. The average molecular weight is 247 g/mol. The maximum absolute atomic E-state index is 11.7. The number of hydrogen-bond donors (Lipinski definition) is 1. The summed E-state index contributed by atoms with van der Waals surface area (Å²) in [4.78, 5) is 10.9. The lowest BCUT2D eigenvalue weighted by atomic mass is 10.1. The van der Waals surface area contributed by atoms with Gasteiger partial charge in [-0.3, -0.25) is 0 Å². The molecule has 16 heavy (non-hydrogen) atoms. The summed E-state index contributed by atoms with van der Waals surface area (Å²) in [7, 11) is -3.84. The molecule has 0 saturated heterocycles. The second kappa shape index (κ2) is 4.78. The number of aliphatic carboxylic acids is 1. The van der Waals surface area contributed by atoms with E-state index in [0.29, 0.717) is 0 Å². The highest BCUT2D eigenvalue weighted by Crippen LogP contribution is 2.18. The van der Waals surface area contributed by atoms with E-state index in [-0.39, 0.29) is 0 Å². The van der Waals surface area contributed by atoms with Crippen molar-refractivity contribution in [1.29, 1.82) is 0 Å². The van der Waals surface area contributed by atoms with E-state index < -0.39 is 32.4 Å². The summed E-state index contributed by atoms with van der Waals surface area (Å²) >= 11 is 0. The Morgan fingerprint density at radius 2 is 1.88 bits per heavy atom. The van der Waals surface area contributed by atoms with Crippen molar-refractivity contribution in [2.75, 3.05) is 0 Å². The Balaban J connectivity index is 5.58. The third kappa shape index (κ3) is 3.44. The Morgan fingerprint density at radius 3 is 2.12 bits per heavy atom. The number of rotatable bonds is 4. The molecule has 0 bridgehead atoms. The molecule has 0 aliphatic carbocycles. The minimum atomic E-state index is -3.84. The van der Waals surface area contributed by atoms with Gasteiger partial charge in [-0.05, 0) is 20.8 Å². The summed E-state index contributed by atoms with van der Waals surface area (Å²) in [6, 6.07) is 0. The normalized spacial score (nSPS) is 15.6. The van der Waals surface area contributed by atoms with Gasteiger partial charge >= 0.3 is 5.97 Å². The van der Waals surface area contributed by atoms with Crippen LogP contribution in [0, 0.1) is 5.92 Å². The van der Waals surface area contributed by atoms with Gasteiger partial charge in [0.15, 0.2) is 0 Å². The zero-order valence-electron chi connectivity index (χ0n) is 9.89. The molecule has 0 aromatic heterocycles. The summed E-state index contributed by atoms with van der Waals surface area (Å²) in [6.45, 7) is 9.33. The first kappa shape index (κ1) is 14.8. The molecule has 0 saturated carbocycles. The number of nitrogens with zero attached hydrogens (tertiary/aromatic N) is 1. The van der Waals surface area contributed by atoms with Crippen LogP contribution in [0.15, 0.2) is 17.1 Å². The standard InChI is InChI=1S/C10H17NO4S/c1-6-7(2)8(9(12)13)11-16(14,15)10(3,4)5/h6-7H,1H2,2-5H3,(H,12,13)/t7-/m1/s1. The highest BCUT2D eigenvalue weighted by Gasteiger charge is 2.31. The van der Waals surface area contributed by atoms with Gasteiger partial charge in [-0.2, -0.15) is 4.40 Å². The summed E-state index contributed by atoms with van der Waals surface area (Å²) in [6.07, 6.45) is 1.34. The van der Waals surface area contributed by atoms with Crippen LogP contribution in [0.4, 0.5) is 0 Å². The number of hydrogen-bond acceptors (Lipinski definition) is 3. The van der Waals surface area contributed by atoms with E-state index in [9.17, 15) is 13.2 Å². The lowest BCUT2D eigenvalue weighted by molar-refractivity contribution is -0.129. The van der Waals surface area contributed by atoms with Gasteiger partial charge in [0.1, 0.15) is 5.71 Å². The number of sulfonamides is 1. The van der Waals surface area contributed by atoms with Gasteiger partial charge < -0.3 is 5.11 Å². The molecular formula is C10H17NO4S. The zero-order chi connectivity index (χ0) is 13.1. The molecule has 0 aliphatic heterocycles. The van der Waals surface area contributed by atoms with Gasteiger partial charge in [-0.25, -0.2) is 13.2 Å². The number of allylic oxidation sites excluding steroid dienone is 1. The van der Waals surface area contributed by atoms with Crippen LogP contribution >= 0.6 is 0 Å². The van der Waals surface area contributed by atoms with Gasteiger partial charge in [0, 0.05) is 5.92 Å². The molecule has 0 rings (SSSR count). The van der Waals surface area contributed by atoms with Crippen molar-refractivity contribution < 1.29 is 18.3 Å². The van der Waals surface area contributed by atoms with Gasteiger partial charge in [-0.15, -0.1) is 6.58 Å². The average Bonchev–Trinajstić information content (AvgIpc) is 2.10. The minimum absolute atomic E-state index is 0.412. The molecule has 0 aromatic rings. The molecule has 0 spiro atoms. The highest BCUT2D eigenvalue weighted by atomic mass is 32.2. The Labute approximate surface area is 95.9 Å². The Morgan fingerprint density at radius 1 is 1.44 bits per heavy atom. The van der Waals surface area contributed by atoms with E-state index in [1.807, 2.05) is 0 Å². The fourth-order valence-corrected chi connectivity index (χ4v) is 1.47. The van der Waals surface area contributed by atoms with Crippen LogP contribution in [0.3, 0.4) is 0 Å². The first-order valence-electron chi connectivity index (χ1n) is 4.73. The minimum Gasteiger partial charge on any atom is -0.477 e. The smallest absolute Gasteiger partial charge is 0.351 e. The van der Waals surface area contributed by atoms with Crippen molar-refractivity contribution in [2.24, 2.45) is 10.3 Å². The van der Waals surface area contributed by atoms with Crippen LogP contribution in [0.5, 0.6) is 0 Å². The monoisotopic (exact) mass is 247 g/mol. The summed E-state index contributed by atoms with van der Waals surface area (Å²) in [5.74, 6) is -1.96. The molecule has 0 unspecified atom stereocenters. The molecular weight excluding hydrogens is 230 g/mol. The van der Waals surface area contributed by atoms with Crippen molar-refractivity contribution in [3.63, 3.8) is 0 Å². The zero-order valence-corrected chi connectivity index (χ0v) is 10.7. The van der Waals surface area contributed by atoms with Crippen molar-refractivity contribution in [2.45, 2.75) is 32.4 Å². The Hall–Kier alpha value is -1.17. The van der Waals surface area contributed by atoms with Crippen molar-refractivity contribution in [3.05, 3.63) is 12.7 Å². The van der Waals surface area contributed by atoms with Crippen molar-refractivity contribution >= 4 is 21.7 Å². The summed E-state index contributed by atoms with van der Waals surface area (Å²) < 4.78 is 25.7. The predicted octanol–water partition coefficient (Wildman–Crippen LogP) is 1.46. The molecule has 0 aliphatic rings. The lowest BCUT2D eigenvalue weighted by Crippen LogP contribution is -2.30. The predicted molar refractivity (Wildman–Crippen MR) is 63.1 cm³/mol. The molecule has 1 N–H and O–H groups in total. The number of carboxylic acids is 1. The molecule has 0 fully saturated rings. The molecule has 0 heterocycles. The van der Waals surface area contributed by atoms with E-state index in [1.54, 1.807) is 0 Å². The fourth-order valence-electron chi connectivity index (χ4n) is 0.695. The first-order chi connectivity index (χ1) is 7.03. The summed E-state index contributed by atoms with van der Waals surface area (Å²) in [5.41, 5.74) is -0.412. The first-order valence-corrected chi connectivity index (χ1v) is 6.17. The van der Waals surface area contributed by atoms with Crippen LogP contribution in [0.2, 0.25) is 0 Å². The fraction of sp³-hybridized carbons (Fsp3) is 0.600. The molecule has 92 valence electrons. The maximum Gasteiger partial charge on any atom is 0.351 e. The van der Waals surface area contributed by atoms with E-state index in [4.69, 9.17) is 5.11 Å². The third-order valence-corrected chi connectivity index (χ3v) is 3.98. The molecule has 5 nitrogen and oxygen atoms in total. The molecule has 1 atom stereocenters. The van der Waals surface area contributed by atoms with E-state index >= 15 is 0 Å². The van der Waals surface area contributed by atoms with Crippen LogP contribution in [0.1, 0.15) is 27.7 Å². The number of carboxylic acid groups (broad SMARTS) is 1. The van der Waals surface area contributed by atoms with Crippen LogP contribution in [-0.4, -0.2) is 30.0 Å². The highest BCUT2D eigenvalue weighted by molar-refractivity contribution is 7.91. The Bertz CT molecular complexity index is 415.